The Morgan fingerprint density at radius 3 is 2.46 bits per heavy atom. The number of sulfonamides is 1. The molecule has 0 heterocycles. The molecule has 0 aliphatic heterocycles. The van der Waals surface area contributed by atoms with Gasteiger partial charge in [0.05, 0.1) is 17.5 Å². The molecule has 8 heteroatoms. The molecule has 0 spiro atoms. The second-order valence-corrected chi connectivity index (χ2v) is 8.39. The highest BCUT2D eigenvalue weighted by Gasteiger charge is 2.20. The monoisotopic (exact) mass is 382 g/mol. The van der Waals surface area contributed by atoms with E-state index in [1.807, 2.05) is 13.8 Å². The van der Waals surface area contributed by atoms with Crippen molar-refractivity contribution in [2.45, 2.75) is 56.6 Å². The minimum Gasteiger partial charge on any atom is -0.393 e. The summed E-state index contributed by atoms with van der Waals surface area (Å²) in [5.74, 6) is 0.684. The van der Waals surface area contributed by atoms with Gasteiger partial charge in [-0.25, -0.2) is 13.1 Å². The fourth-order valence-electron chi connectivity index (χ4n) is 2.88. The smallest absolute Gasteiger partial charge is 0.240 e. The molecule has 1 saturated carbocycles. The number of benzene rings is 1. The van der Waals surface area contributed by atoms with Gasteiger partial charge in [0.1, 0.15) is 0 Å². The molecule has 0 amide bonds. The minimum atomic E-state index is -3.51. The first-order valence-corrected chi connectivity index (χ1v) is 10.7. The van der Waals surface area contributed by atoms with Crippen molar-refractivity contribution in [3.05, 3.63) is 29.8 Å². The lowest BCUT2D eigenvalue weighted by atomic mass is 9.93. The number of hydrogen-bond donors (Lipinski definition) is 4. The van der Waals surface area contributed by atoms with E-state index in [4.69, 9.17) is 0 Å². The molecule has 1 fully saturated rings. The molecule has 146 valence electrons. The third-order valence-electron chi connectivity index (χ3n) is 4.39. The van der Waals surface area contributed by atoms with E-state index in [1.54, 1.807) is 24.3 Å². The molecular weight excluding hydrogens is 352 g/mol. The average molecular weight is 383 g/mol. The van der Waals surface area contributed by atoms with E-state index >= 15 is 0 Å². The van der Waals surface area contributed by atoms with Crippen LogP contribution in [0.15, 0.2) is 34.2 Å². The molecule has 7 nitrogen and oxygen atoms in total. The summed E-state index contributed by atoms with van der Waals surface area (Å²) in [5, 5.41) is 16.1. The largest absolute Gasteiger partial charge is 0.393 e. The number of rotatable bonds is 7. The van der Waals surface area contributed by atoms with Crippen LogP contribution in [0.1, 0.15) is 38.2 Å². The molecule has 0 atom stereocenters. The van der Waals surface area contributed by atoms with E-state index in [2.05, 4.69) is 20.3 Å². The molecule has 1 aliphatic carbocycles. The maximum Gasteiger partial charge on any atom is 0.240 e. The predicted molar refractivity (Wildman–Crippen MR) is 104 cm³/mol. The molecule has 2 rings (SSSR count). The van der Waals surface area contributed by atoms with Crippen LogP contribution >= 0.6 is 0 Å². The summed E-state index contributed by atoms with van der Waals surface area (Å²) in [6, 6.07) is 7.05. The Hall–Kier alpha value is -1.64. The third-order valence-corrected chi connectivity index (χ3v) is 5.86. The van der Waals surface area contributed by atoms with E-state index in [0.29, 0.717) is 18.5 Å². The summed E-state index contributed by atoms with van der Waals surface area (Å²) in [7, 11) is -3.51. The van der Waals surface area contributed by atoms with Gasteiger partial charge in [0.25, 0.3) is 0 Å². The number of aryl methyl sites for hydroxylation is 1. The van der Waals surface area contributed by atoms with Crippen LogP contribution in [0, 0.1) is 6.92 Å². The lowest BCUT2D eigenvalue weighted by molar-refractivity contribution is 0.120. The van der Waals surface area contributed by atoms with Gasteiger partial charge in [-0.3, -0.25) is 4.99 Å². The summed E-state index contributed by atoms with van der Waals surface area (Å²) in [4.78, 5) is 4.70. The predicted octanol–water partition coefficient (Wildman–Crippen LogP) is 1.13. The Bertz CT molecular complexity index is 681. The van der Waals surface area contributed by atoms with Crippen molar-refractivity contribution in [3.8, 4) is 0 Å². The van der Waals surface area contributed by atoms with Gasteiger partial charge in [-0.2, -0.15) is 0 Å². The maximum absolute atomic E-state index is 12.2. The molecule has 0 radical (unpaired) electrons. The maximum atomic E-state index is 12.2. The van der Waals surface area contributed by atoms with Crippen LogP contribution in [0.3, 0.4) is 0 Å². The van der Waals surface area contributed by atoms with Crippen molar-refractivity contribution >= 4 is 16.0 Å². The van der Waals surface area contributed by atoms with Gasteiger partial charge in [0.2, 0.25) is 10.0 Å². The summed E-state index contributed by atoms with van der Waals surface area (Å²) in [6.45, 7) is 5.21. The van der Waals surface area contributed by atoms with Crippen molar-refractivity contribution in [3.63, 3.8) is 0 Å². The van der Waals surface area contributed by atoms with E-state index < -0.39 is 10.0 Å². The number of hydrogen-bond acceptors (Lipinski definition) is 4. The Kier molecular flexibility index (Phi) is 7.86. The van der Waals surface area contributed by atoms with Crippen LogP contribution in [-0.4, -0.2) is 51.3 Å². The van der Waals surface area contributed by atoms with Crippen LogP contribution in [0.4, 0.5) is 0 Å². The summed E-state index contributed by atoms with van der Waals surface area (Å²) in [6.07, 6.45) is 3.22. The number of nitrogens with zero attached hydrogens (tertiary/aromatic N) is 1. The number of aliphatic hydroxyl groups is 1. The van der Waals surface area contributed by atoms with Crippen molar-refractivity contribution in [2.75, 3.05) is 19.6 Å². The zero-order chi connectivity index (χ0) is 19.0. The van der Waals surface area contributed by atoms with Gasteiger partial charge < -0.3 is 15.7 Å². The first kappa shape index (κ1) is 20.7. The topological polar surface area (TPSA) is 103 Å². The highest BCUT2D eigenvalue weighted by Crippen LogP contribution is 2.18. The second kappa shape index (κ2) is 9.89. The molecule has 0 bridgehead atoms. The molecule has 26 heavy (non-hydrogen) atoms. The lowest BCUT2D eigenvalue weighted by Gasteiger charge is -2.27. The fourth-order valence-corrected chi connectivity index (χ4v) is 3.90. The quantitative estimate of drug-likeness (QED) is 0.322. The van der Waals surface area contributed by atoms with E-state index in [0.717, 1.165) is 37.8 Å². The lowest BCUT2D eigenvalue weighted by Crippen LogP contribution is -2.45. The Labute approximate surface area is 156 Å². The molecule has 1 aromatic rings. The normalized spacial score (nSPS) is 21.4. The zero-order valence-electron chi connectivity index (χ0n) is 15.5. The van der Waals surface area contributed by atoms with Crippen LogP contribution in [0.25, 0.3) is 0 Å². The molecule has 0 saturated heterocycles. The van der Waals surface area contributed by atoms with Gasteiger partial charge in [0, 0.05) is 19.1 Å². The highest BCUT2D eigenvalue weighted by molar-refractivity contribution is 7.89. The minimum absolute atomic E-state index is 0.191. The highest BCUT2D eigenvalue weighted by atomic mass is 32.2. The van der Waals surface area contributed by atoms with Gasteiger partial charge in [-0.1, -0.05) is 17.7 Å². The van der Waals surface area contributed by atoms with Crippen LogP contribution in [0.5, 0.6) is 0 Å². The Morgan fingerprint density at radius 2 is 1.85 bits per heavy atom. The molecular formula is C18H30N4O3S. The van der Waals surface area contributed by atoms with Crippen molar-refractivity contribution < 1.29 is 13.5 Å². The third kappa shape index (κ3) is 6.59. The number of guanidine groups is 1. The number of nitrogens with one attached hydrogen (secondary N) is 3. The van der Waals surface area contributed by atoms with Crippen LogP contribution in [-0.2, 0) is 10.0 Å². The average Bonchev–Trinajstić information content (AvgIpc) is 2.61. The van der Waals surface area contributed by atoms with E-state index in [1.165, 1.54) is 0 Å². The van der Waals surface area contributed by atoms with Gasteiger partial charge >= 0.3 is 0 Å². The van der Waals surface area contributed by atoms with Crippen molar-refractivity contribution in [1.29, 1.82) is 0 Å². The number of aliphatic hydroxyl groups excluding tert-OH is 1. The molecule has 1 aromatic carbocycles. The molecule has 0 unspecified atom stereocenters. The van der Waals surface area contributed by atoms with Crippen LogP contribution < -0.4 is 15.4 Å². The first-order valence-electron chi connectivity index (χ1n) is 9.20. The molecule has 1 aliphatic rings. The van der Waals surface area contributed by atoms with Gasteiger partial charge in [0.15, 0.2) is 5.96 Å². The van der Waals surface area contributed by atoms with E-state index in [9.17, 15) is 13.5 Å². The Balaban J connectivity index is 1.84. The molecule has 4 N–H and O–H groups in total. The van der Waals surface area contributed by atoms with E-state index in [-0.39, 0.29) is 17.5 Å². The zero-order valence-corrected chi connectivity index (χ0v) is 16.3. The standard InChI is InChI=1S/C18H30N4O3S/c1-3-19-18(22-15-6-8-16(23)9-7-15)20-12-13-21-26(24,25)17-10-4-14(2)5-11-17/h4-5,10-11,15-16,21,23H,3,6-9,12-13H2,1-2H3,(H2,19,20,22). The Morgan fingerprint density at radius 1 is 1.19 bits per heavy atom. The number of aliphatic imine (C=N–C) groups is 1. The summed E-state index contributed by atoms with van der Waals surface area (Å²) in [5.41, 5.74) is 1.02. The summed E-state index contributed by atoms with van der Waals surface area (Å²) < 4.78 is 27.1. The fraction of sp³-hybridized carbons (Fsp3) is 0.611. The van der Waals surface area contributed by atoms with Crippen LogP contribution in [0.2, 0.25) is 0 Å². The van der Waals surface area contributed by atoms with Crippen molar-refractivity contribution in [2.24, 2.45) is 4.99 Å². The van der Waals surface area contributed by atoms with Gasteiger partial charge in [-0.05, 0) is 51.7 Å². The van der Waals surface area contributed by atoms with Gasteiger partial charge in [-0.15, -0.1) is 0 Å². The second-order valence-electron chi connectivity index (χ2n) is 6.62. The summed E-state index contributed by atoms with van der Waals surface area (Å²) >= 11 is 0. The van der Waals surface area contributed by atoms with Crippen molar-refractivity contribution in [1.82, 2.24) is 15.4 Å². The molecule has 0 aromatic heterocycles. The first-order chi connectivity index (χ1) is 12.4. The SMILES string of the molecule is CCNC(=NCCNS(=O)(=O)c1ccc(C)cc1)NC1CCC(O)CC1.